The number of thiophene rings is 1. The second-order valence-electron chi connectivity index (χ2n) is 8.89. The third-order valence-corrected chi connectivity index (χ3v) is 8.02. The summed E-state index contributed by atoms with van der Waals surface area (Å²) in [6.07, 6.45) is 5.75. The fourth-order valence-electron chi connectivity index (χ4n) is 4.42. The Balaban J connectivity index is 1.44. The summed E-state index contributed by atoms with van der Waals surface area (Å²) >= 11 is 6.03. The fraction of sp³-hybridized carbons (Fsp3) is 0.391. The minimum atomic E-state index is -1.50. The van der Waals surface area contributed by atoms with Crippen molar-refractivity contribution in [2.75, 3.05) is 6.54 Å². The lowest BCUT2D eigenvalue weighted by atomic mass is 9.87. The van der Waals surface area contributed by atoms with Crippen LogP contribution in [0.3, 0.4) is 0 Å². The van der Waals surface area contributed by atoms with E-state index in [2.05, 4.69) is 20.3 Å². The highest BCUT2D eigenvalue weighted by Crippen LogP contribution is 2.33. The first-order valence-corrected chi connectivity index (χ1v) is 13.5. The number of nitrogens with two attached hydrogens (primary N) is 2. The molecule has 1 aliphatic carbocycles. The van der Waals surface area contributed by atoms with Crippen LogP contribution in [0.1, 0.15) is 47.0 Å². The molecule has 7 N–H and O–H groups in total. The van der Waals surface area contributed by atoms with Gasteiger partial charge in [0.05, 0.1) is 22.3 Å². The van der Waals surface area contributed by atoms with Crippen molar-refractivity contribution in [2.45, 2.75) is 43.9 Å². The summed E-state index contributed by atoms with van der Waals surface area (Å²) in [6.45, 7) is 2.53. The lowest BCUT2D eigenvalue weighted by Crippen LogP contribution is -2.50. The standard InChI is InChI=1S/C23H29ClN6O2S2/c1-23(25,15-3-2-4-17(24)8-15)16-9-20(33-12-16)21(31)19-11-27-13-28-22(19)30-18-6-5-14(7-18)10-29-34(26)32/h2-4,8-9,11-14,18,22,29-30H,5-7,10,25-26H2,1H3,(H,27,28)/t14-,18+,22?,23?,34?/m1/s1. The van der Waals surface area contributed by atoms with Gasteiger partial charge in [0.15, 0.2) is 0 Å². The Morgan fingerprint density at radius 2 is 2.21 bits per heavy atom. The third kappa shape index (κ3) is 5.89. The zero-order chi connectivity index (χ0) is 24.3. The Hall–Kier alpha value is -1.76. The highest BCUT2D eigenvalue weighted by molar-refractivity contribution is 7.87. The molecule has 1 aromatic carbocycles. The van der Waals surface area contributed by atoms with Crippen molar-refractivity contribution in [1.29, 1.82) is 0 Å². The number of rotatable bonds is 9. The third-order valence-electron chi connectivity index (χ3n) is 6.41. The van der Waals surface area contributed by atoms with E-state index in [4.69, 9.17) is 22.5 Å². The maximum Gasteiger partial charge on any atom is 0.203 e. The Bertz CT molecular complexity index is 1090. The minimum absolute atomic E-state index is 0.0882. The summed E-state index contributed by atoms with van der Waals surface area (Å²) in [7, 11) is 0. The summed E-state index contributed by atoms with van der Waals surface area (Å²) in [4.78, 5) is 18.2. The number of Topliss-reactive ketones (excluding diaryl/α,β-unsaturated/α-hetero) is 1. The average molecular weight is 521 g/mol. The number of benzene rings is 1. The van der Waals surface area contributed by atoms with Gasteiger partial charge in [0.25, 0.3) is 0 Å². The van der Waals surface area contributed by atoms with Crippen molar-refractivity contribution >= 4 is 46.6 Å². The number of carbonyl (C=O) groups is 1. The molecule has 3 unspecified atom stereocenters. The molecule has 4 rings (SSSR count). The van der Waals surface area contributed by atoms with E-state index in [0.29, 0.717) is 27.9 Å². The van der Waals surface area contributed by atoms with Crippen molar-refractivity contribution in [3.8, 4) is 0 Å². The molecular weight excluding hydrogens is 492 g/mol. The molecule has 2 aromatic rings. The van der Waals surface area contributed by atoms with E-state index in [-0.39, 0.29) is 18.0 Å². The molecular formula is C23H29ClN6O2S2. The summed E-state index contributed by atoms with van der Waals surface area (Å²) in [5, 5.41) is 14.5. The highest BCUT2D eigenvalue weighted by Gasteiger charge is 2.32. The smallest absolute Gasteiger partial charge is 0.203 e. The second kappa shape index (κ2) is 10.9. The predicted octanol–water partition coefficient (Wildman–Crippen LogP) is 2.53. The van der Waals surface area contributed by atoms with Crippen LogP contribution >= 0.6 is 22.9 Å². The summed E-state index contributed by atoms with van der Waals surface area (Å²) in [5.74, 6) is 0.300. The Morgan fingerprint density at radius 1 is 1.38 bits per heavy atom. The Kier molecular flexibility index (Phi) is 8.11. The van der Waals surface area contributed by atoms with Gasteiger partial charge in [0, 0.05) is 23.8 Å². The van der Waals surface area contributed by atoms with E-state index in [1.807, 2.05) is 42.6 Å². The van der Waals surface area contributed by atoms with Crippen LogP contribution in [0, 0.1) is 5.92 Å². The second-order valence-corrected chi connectivity index (χ2v) is 11.1. The van der Waals surface area contributed by atoms with Crippen LogP contribution in [0.5, 0.6) is 0 Å². The molecule has 1 fully saturated rings. The molecule has 1 saturated carbocycles. The summed E-state index contributed by atoms with van der Waals surface area (Å²) in [6, 6.07) is 9.54. The molecule has 2 aliphatic rings. The van der Waals surface area contributed by atoms with Gasteiger partial charge in [-0.3, -0.25) is 10.1 Å². The predicted molar refractivity (Wildman–Crippen MR) is 139 cm³/mol. The first-order chi connectivity index (χ1) is 16.2. The monoisotopic (exact) mass is 520 g/mol. The van der Waals surface area contributed by atoms with Crippen molar-refractivity contribution in [2.24, 2.45) is 21.8 Å². The van der Waals surface area contributed by atoms with Crippen LogP contribution in [0.15, 0.2) is 52.5 Å². The van der Waals surface area contributed by atoms with Crippen LogP contribution in [0.25, 0.3) is 0 Å². The molecule has 1 aromatic heterocycles. The van der Waals surface area contributed by atoms with E-state index in [1.165, 1.54) is 11.3 Å². The minimum Gasteiger partial charge on any atom is -0.579 e. The van der Waals surface area contributed by atoms with Crippen LogP contribution in [0.4, 0.5) is 0 Å². The molecule has 2 heterocycles. The van der Waals surface area contributed by atoms with Crippen LogP contribution in [0.2, 0.25) is 5.02 Å². The van der Waals surface area contributed by atoms with E-state index in [1.54, 1.807) is 12.5 Å². The first kappa shape index (κ1) is 25.3. The molecule has 1 aliphatic heterocycles. The van der Waals surface area contributed by atoms with Crippen molar-refractivity contribution in [3.63, 3.8) is 0 Å². The van der Waals surface area contributed by atoms with Gasteiger partial charge in [0.2, 0.25) is 5.78 Å². The number of carbonyl (C=O) groups excluding carboxylic acids is 1. The van der Waals surface area contributed by atoms with E-state index in [0.717, 1.165) is 30.4 Å². The number of nitrogens with zero attached hydrogens (tertiary/aromatic N) is 1. The average Bonchev–Trinajstić information content (AvgIpc) is 3.48. The maximum absolute atomic E-state index is 13.4. The molecule has 11 heteroatoms. The number of nitrogens with one attached hydrogen (secondary N) is 3. The Labute approximate surface area is 211 Å². The van der Waals surface area contributed by atoms with Gasteiger partial charge in [-0.25, -0.2) is 4.99 Å². The number of halogens is 1. The van der Waals surface area contributed by atoms with Gasteiger partial charge < -0.3 is 15.6 Å². The summed E-state index contributed by atoms with van der Waals surface area (Å²) < 4.78 is 13.9. The van der Waals surface area contributed by atoms with E-state index in [9.17, 15) is 9.35 Å². The number of hydrogen-bond acceptors (Lipinski definition) is 9. The first-order valence-electron chi connectivity index (χ1n) is 11.1. The van der Waals surface area contributed by atoms with Crippen LogP contribution in [-0.4, -0.2) is 35.4 Å². The van der Waals surface area contributed by atoms with Gasteiger partial charge in [-0.2, -0.15) is 0 Å². The van der Waals surface area contributed by atoms with Crippen molar-refractivity contribution in [1.82, 2.24) is 15.4 Å². The molecule has 0 spiro atoms. The number of ketones is 1. The van der Waals surface area contributed by atoms with Gasteiger partial charge in [0.1, 0.15) is 17.7 Å². The zero-order valence-electron chi connectivity index (χ0n) is 18.8. The molecule has 0 bridgehead atoms. The normalized spacial score (nSPS) is 24.9. The Morgan fingerprint density at radius 3 is 2.97 bits per heavy atom. The molecule has 0 saturated heterocycles. The lowest BCUT2D eigenvalue weighted by Gasteiger charge is -2.26. The van der Waals surface area contributed by atoms with E-state index < -0.39 is 17.1 Å². The molecule has 34 heavy (non-hydrogen) atoms. The van der Waals surface area contributed by atoms with Gasteiger partial charge in [-0.1, -0.05) is 23.7 Å². The van der Waals surface area contributed by atoms with E-state index >= 15 is 0 Å². The van der Waals surface area contributed by atoms with Gasteiger partial charge >= 0.3 is 0 Å². The zero-order valence-corrected chi connectivity index (χ0v) is 21.2. The van der Waals surface area contributed by atoms with Gasteiger partial charge in [-0.15, -0.1) is 21.2 Å². The molecule has 182 valence electrons. The molecule has 8 nitrogen and oxygen atoms in total. The summed E-state index contributed by atoms with van der Waals surface area (Å²) in [5.41, 5.74) is 8.16. The molecule has 0 radical (unpaired) electrons. The van der Waals surface area contributed by atoms with Crippen molar-refractivity contribution in [3.05, 3.63) is 68.5 Å². The van der Waals surface area contributed by atoms with Crippen LogP contribution < -0.4 is 26.2 Å². The topological polar surface area (TPSA) is 141 Å². The molecule has 5 atom stereocenters. The maximum atomic E-state index is 13.4. The molecule has 0 amide bonds. The van der Waals surface area contributed by atoms with Gasteiger partial charge in [-0.05, 0) is 66.8 Å². The number of aliphatic imine (C=N–C) groups is 1. The number of hydrogen-bond donors (Lipinski definition) is 5. The lowest BCUT2D eigenvalue weighted by molar-refractivity contribution is 0.102. The SMILES string of the molecule is CC(N)(c1cccc(Cl)c1)c1csc(C(=O)C2=CN=CNC2N[C@H]2CC[C@@H](CN[S+](N)[O-])C2)c1. The largest absolute Gasteiger partial charge is 0.579 e. The quantitative estimate of drug-likeness (QED) is 0.253. The fourth-order valence-corrected chi connectivity index (χ4v) is 6.00. The van der Waals surface area contributed by atoms with Crippen molar-refractivity contribution < 1.29 is 9.35 Å². The highest BCUT2D eigenvalue weighted by atomic mass is 35.5. The van der Waals surface area contributed by atoms with Crippen LogP contribution in [-0.2, 0) is 17.1 Å².